The lowest BCUT2D eigenvalue weighted by molar-refractivity contribution is -0.111. The number of halogens is 1. The molecule has 0 radical (unpaired) electrons. The van der Waals surface area contributed by atoms with Crippen molar-refractivity contribution in [2.24, 2.45) is 11.7 Å². The summed E-state index contributed by atoms with van der Waals surface area (Å²) in [5, 5.41) is 0. The average Bonchev–Trinajstić information content (AvgIpc) is 2.16. The van der Waals surface area contributed by atoms with Gasteiger partial charge < -0.3 is 10.5 Å². The summed E-state index contributed by atoms with van der Waals surface area (Å²) in [7, 11) is 0. The Hall–Kier alpha value is -0.380. The van der Waals surface area contributed by atoms with Crippen molar-refractivity contribution in [1.82, 2.24) is 0 Å². The number of ether oxygens (including phenoxy) is 1. The van der Waals surface area contributed by atoms with E-state index in [1.807, 2.05) is 0 Å². The van der Waals surface area contributed by atoms with Crippen LogP contribution in [-0.4, -0.2) is 19.3 Å². The quantitative estimate of drug-likeness (QED) is 0.904. The highest BCUT2D eigenvalue weighted by molar-refractivity contribution is 9.10. The van der Waals surface area contributed by atoms with E-state index in [9.17, 15) is 0 Å². The average molecular weight is 282 g/mol. The van der Waals surface area contributed by atoms with Gasteiger partial charge >= 0.3 is 0 Å². The van der Waals surface area contributed by atoms with Gasteiger partial charge in [-0.15, -0.1) is 0 Å². The number of nitrogens with two attached hydrogens (primary N) is 1. The molecule has 86 valence electrons. The first-order valence-electron chi connectivity index (χ1n) is 5.81. The second-order valence-corrected chi connectivity index (χ2v) is 5.91. The Morgan fingerprint density at radius 1 is 1.25 bits per heavy atom. The smallest absolute Gasteiger partial charge is 0.0588 e. The molecule has 1 saturated heterocycles. The zero-order valence-electron chi connectivity index (χ0n) is 9.16. The highest BCUT2D eigenvalue weighted by atomic mass is 79.9. The Kier molecular flexibility index (Phi) is 2.57. The van der Waals surface area contributed by atoms with E-state index in [4.69, 9.17) is 10.5 Å². The van der Waals surface area contributed by atoms with Gasteiger partial charge in [-0.3, -0.25) is 0 Å². The van der Waals surface area contributed by atoms with E-state index in [-0.39, 0.29) is 5.41 Å². The summed E-state index contributed by atoms with van der Waals surface area (Å²) in [5.41, 5.74) is 7.54. The van der Waals surface area contributed by atoms with E-state index in [1.54, 1.807) is 0 Å². The van der Waals surface area contributed by atoms with E-state index in [0.717, 1.165) is 26.1 Å². The van der Waals surface area contributed by atoms with Gasteiger partial charge in [-0.25, -0.2) is 0 Å². The predicted octanol–water partition coefficient (Wildman–Crippen LogP) is 2.45. The van der Waals surface area contributed by atoms with Crippen LogP contribution in [0.3, 0.4) is 0 Å². The number of hydrogen-bond donors (Lipinski definition) is 1. The van der Waals surface area contributed by atoms with Crippen molar-refractivity contribution < 1.29 is 4.74 Å². The summed E-state index contributed by atoms with van der Waals surface area (Å²) >= 11 is 3.66. The molecular weight excluding hydrogens is 266 g/mol. The highest BCUT2D eigenvalue weighted by Crippen LogP contribution is 2.49. The minimum absolute atomic E-state index is 0.232. The lowest BCUT2D eigenvalue weighted by Gasteiger charge is -2.53. The third kappa shape index (κ3) is 1.45. The molecule has 1 aromatic rings. The third-order valence-electron chi connectivity index (χ3n) is 4.09. The maximum Gasteiger partial charge on any atom is 0.0588 e. The van der Waals surface area contributed by atoms with Gasteiger partial charge in [-0.05, 0) is 30.4 Å². The van der Waals surface area contributed by atoms with E-state index in [0.29, 0.717) is 12.0 Å². The van der Waals surface area contributed by atoms with Crippen molar-refractivity contribution in [3.8, 4) is 0 Å². The van der Waals surface area contributed by atoms with Crippen LogP contribution in [0.15, 0.2) is 28.7 Å². The molecule has 2 nitrogen and oxygen atoms in total. The normalized spacial score (nSPS) is 31.6. The Balaban J connectivity index is 1.93. The molecule has 1 saturated carbocycles. The molecule has 2 aliphatic rings. The van der Waals surface area contributed by atoms with Crippen molar-refractivity contribution in [3.05, 3.63) is 34.3 Å². The summed E-state index contributed by atoms with van der Waals surface area (Å²) < 4.78 is 6.69. The fourth-order valence-corrected chi connectivity index (χ4v) is 3.59. The Bertz CT molecular complexity index is 397. The van der Waals surface area contributed by atoms with Gasteiger partial charge in [-0.2, -0.15) is 0 Å². The Morgan fingerprint density at radius 3 is 2.44 bits per heavy atom. The molecule has 0 amide bonds. The van der Waals surface area contributed by atoms with Crippen molar-refractivity contribution in [3.63, 3.8) is 0 Å². The summed E-state index contributed by atoms with van der Waals surface area (Å²) in [6.07, 6.45) is 2.29. The van der Waals surface area contributed by atoms with E-state index < -0.39 is 0 Å². The van der Waals surface area contributed by atoms with Crippen molar-refractivity contribution in [2.45, 2.75) is 24.3 Å². The first-order chi connectivity index (χ1) is 7.72. The van der Waals surface area contributed by atoms with Crippen LogP contribution in [0.4, 0.5) is 0 Å². The van der Waals surface area contributed by atoms with Gasteiger partial charge in [0, 0.05) is 15.9 Å². The number of hydrogen-bond acceptors (Lipinski definition) is 2. The lowest BCUT2D eigenvalue weighted by Crippen LogP contribution is -2.58. The second kappa shape index (κ2) is 3.83. The molecule has 3 rings (SSSR count). The summed E-state index contributed by atoms with van der Waals surface area (Å²) in [6.45, 7) is 1.71. The molecule has 0 spiro atoms. The molecule has 0 aromatic heterocycles. The van der Waals surface area contributed by atoms with Crippen molar-refractivity contribution in [1.29, 1.82) is 0 Å². The molecule has 0 atom stereocenters. The second-order valence-electron chi connectivity index (χ2n) is 5.06. The molecule has 0 bridgehead atoms. The van der Waals surface area contributed by atoms with Gasteiger partial charge in [0.05, 0.1) is 13.2 Å². The first-order valence-corrected chi connectivity index (χ1v) is 6.60. The minimum Gasteiger partial charge on any atom is -0.379 e. The molecule has 3 heteroatoms. The molecule has 0 unspecified atom stereocenters. The molecule has 2 fully saturated rings. The van der Waals surface area contributed by atoms with E-state index >= 15 is 0 Å². The maximum atomic E-state index is 5.91. The fraction of sp³-hybridized carbons (Fsp3) is 0.538. The monoisotopic (exact) mass is 281 g/mol. The van der Waals surface area contributed by atoms with E-state index in [1.165, 1.54) is 10.0 Å². The van der Waals surface area contributed by atoms with Crippen LogP contribution in [0.5, 0.6) is 0 Å². The maximum absolute atomic E-state index is 5.91. The molecular formula is C13H16BrNO. The van der Waals surface area contributed by atoms with Crippen LogP contribution in [0, 0.1) is 5.92 Å². The molecule has 1 aliphatic heterocycles. The number of benzene rings is 1. The van der Waals surface area contributed by atoms with Gasteiger partial charge in [0.1, 0.15) is 0 Å². The molecule has 1 heterocycles. The van der Waals surface area contributed by atoms with Gasteiger partial charge in [-0.1, -0.05) is 34.1 Å². The van der Waals surface area contributed by atoms with Crippen LogP contribution < -0.4 is 5.73 Å². The fourth-order valence-electron chi connectivity index (χ4n) is 2.91. The Morgan fingerprint density at radius 2 is 1.94 bits per heavy atom. The molecule has 2 N–H and O–H groups in total. The van der Waals surface area contributed by atoms with Crippen LogP contribution >= 0.6 is 15.9 Å². The predicted molar refractivity (Wildman–Crippen MR) is 67.3 cm³/mol. The van der Waals surface area contributed by atoms with Gasteiger partial charge in [0.25, 0.3) is 0 Å². The zero-order valence-corrected chi connectivity index (χ0v) is 10.7. The van der Waals surface area contributed by atoms with Crippen LogP contribution in [-0.2, 0) is 10.2 Å². The zero-order chi connectivity index (χ0) is 11.2. The highest BCUT2D eigenvalue weighted by Gasteiger charge is 2.51. The summed E-state index contributed by atoms with van der Waals surface area (Å²) in [5.74, 6) is 0.704. The standard InChI is InChI=1S/C13H16BrNO/c14-12-4-2-1-3-11(12)13(7-16-8-13)9-5-10(15)6-9/h1-4,9-10H,5-8,15H2. The van der Waals surface area contributed by atoms with Gasteiger partial charge in [0.15, 0.2) is 0 Å². The lowest BCUT2D eigenvalue weighted by atomic mass is 9.59. The SMILES string of the molecule is NC1CC(C2(c3ccccc3Br)COC2)C1. The van der Waals surface area contributed by atoms with Crippen molar-refractivity contribution >= 4 is 15.9 Å². The molecule has 16 heavy (non-hydrogen) atoms. The van der Waals surface area contributed by atoms with Crippen LogP contribution in [0.25, 0.3) is 0 Å². The van der Waals surface area contributed by atoms with Crippen LogP contribution in [0.2, 0.25) is 0 Å². The molecule has 1 aromatic carbocycles. The van der Waals surface area contributed by atoms with Crippen LogP contribution in [0.1, 0.15) is 18.4 Å². The summed E-state index contributed by atoms with van der Waals surface area (Å²) in [6, 6.07) is 8.92. The van der Waals surface area contributed by atoms with Gasteiger partial charge in [0.2, 0.25) is 0 Å². The Labute approximate surface area is 104 Å². The van der Waals surface area contributed by atoms with Crippen molar-refractivity contribution in [2.75, 3.05) is 13.2 Å². The van der Waals surface area contributed by atoms with E-state index in [2.05, 4.69) is 40.2 Å². The third-order valence-corrected chi connectivity index (χ3v) is 4.78. The largest absolute Gasteiger partial charge is 0.379 e. The first kappa shape index (κ1) is 10.8. The minimum atomic E-state index is 0.232. The molecule has 1 aliphatic carbocycles. The number of rotatable bonds is 2. The topological polar surface area (TPSA) is 35.2 Å². The summed E-state index contributed by atoms with van der Waals surface area (Å²) in [4.78, 5) is 0.